The lowest BCUT2D eigenvalue weighted by Gasteiger charge is -2.29. The summed E-state index contributed by atoms with van der Waals surface area (Å²) in [5.41, 5.74) is 1.38. The molecule has 0 amide bonds. The van der Waals surface area contributed by atoms with Crippen LogP contribution in [0.2, 0.25) is 0 Å². The van der Waals surface area contributed by atoms with Crippen LogP contribution in [-0.4, -0.2) is 38.8 Å². The SMILES string of the molecule is Cc1nc(S(=O)(=O)NC2CCC(n3nc(-c4cccnc4)ccc3=O)CC2)cn1C. The molecule has 3 aromatic rings. The zero-order valence-corrected chi connectivity index (χ0v) is 17.7. The summed E-state index contributed by atoms with van der Waals surface area (Å²) in [5.74, 6) is 0.637. The molecule has 3 heterocycles. The van der Waals surface area contributed by atoms with Gasteiger partial charge in [-0.15, -0.1) is 0 Å². The summed E-state index contributed by atoms with van der Waals surface area (Å²) >= 11 is 0. The molecule has 0 aromatic carbocycles. The molecule has 0 bridgehead atoms. The van der Waals surface area contributed by atoms with E-state index < -0.39 is 10.0 Å². The third-order valence-electron chi connectivity index (χ3n) is 5.51. The van der Waals surface area contributed by atoms with E-state index in [-0.39, 0.29) is 22.7 Å². The van der Waals surface area contributed by atoms with E-state index >= 15 is 0 Å². The van der Waals surface area contributed by atoms with Crippen LogP contribution in [0.4, 0.5) is 0 Å². The number of sulfonamides is 1. The quantitative estimate of drug-likeness (QED) is 0.663. The van der Waals surface area contributed by atoms with Gasteiger partial charge in [-0.1, -0.05) is 0 Å². The maximum atomic E-state index is 12.6. The maximum absolute atomic E-state index is 12.6. The van der Waals surface area contributed by atoms with E-state index in [1.807, 2.05) is 12.1 Å². The Morgan fingerprint density at radius 1 is 1.13 bits per heavy atom. The zero-order chi connectivity index (χ0) is 21.3. The van der Waals surface area contributed by atoms with Crippen molar-refractivity contribution < 1.29 is 8.42 Å². The lowest BCUT2D eigenvalue weighted by atomic mass is 9.92. The summed E-state index contributed by atoms with van der Waals surface area (Å²) in [6.07, 6.45) is 7.49. The number of aromatic nitrogens is 5. The van der Waals surface area contributed by atoms with Crippen molar-refractivity contribution in [3.63, 3.8) is 0 Å². The van der Waals surface area contributed by atoms with Crippen LogP contribution in [0.1, 0.15) is 37.5 Å². The van der Waals surface area contributed by atoms with Crippen LogP contribution < -0.4 is 10.3 Å². The van der Waals surface area contributed by atoms with Crippen molar-refractivity contribution in [1.82, 2.24) is 29.0 Å². The fourth-order valence-electron chi connectivity index (χ4n) is 3.73. The van der Waals surface area contributed by atoms with Crippen LogP contribution in [0, 0.1) is 6.92 Å². The number of pyridine rings is 1. The molecule has 0 radical (unpaired) electrons. The van der Waals surface area contributed by atoms with E-state index in [2.05, 4.69) is 19.8 Å². The Morgan fingerprint density at radius 2 is 1.90 bits per heavy atom. The summed E-state index contributed by atoms with van der Waals surface area (Å²) in [4.78, 5) is 20.6. The fraction of sp³-hybridized carbons (Fsp3) is 0.400. The molecular weight excluding hydrogens is 404 g/mol. The van der Waals surface area contributed by atoms with Gasteiger partial charge in [-0.2, -0.15) is 5.10 Å². The largest absolute Gasteiger partial charge is 0.337 e. The van der Waals surface area contributed by atoms with Crippen LogP contribution in [0.15, 0.2) is 52.7 Å². The zero-order valence-electron chi connectivity index (χ0n) is 16.9. The predicted octanol–water partition coefficient (Wildman–Crippen LogP) is 1.81. The van der Waals surface area contributed by atoms with Gasteiger partial charge in [0.15, 0.2) is 5.03 Å². The van der Waals surface area contributed by atoms with Gasteiger partial charge >= 0.3 is 0 Å². The van der Waals surface area contributed by atoms with Crippen LogP contribution in [0.3, 0.4) is 0 Å². The van der Waals surface area contributed by atoms with E-state index in [0.29, 0.717) is 37.2 Å². The number of imidazole rings is 1. The predicted molar refractivity (Wildman–Crippen MR) is 111 cm³/mol. The number of nitrogens with zero attached hydrogens (tertiary/aromatic N) is 5. The van der Waals surface area contributed by atoms with Gasteiger partial charge in [-0.25, -0.2) is 22.8 Å². The van der Waals surface area contributed by atoms with Gasteiger partial charge < -0.3 is 4.57 Å². The summed E-state index contributed by atoms with van der Waals surface area (Å²) in [6.45, 7) is 1.76. The molecule has 1 aliphatic rings. The van der Waals surface area contributed by atoms with Crippen molar-refractivity contribution in [3.8, 4) is 11.3 Å². The van der Waals surface area contributed by atoms with Gasteiger partial charge in [-0.05, 0) is 50.8 Å². The molecule has 1 N–H and O–H groups in total. The van der Waals surface area contributed by atoms with Crippen molar-refractivity contribution in [3.05, 3.63) is 59.0 Å². The molecule has 3 aromatic heterocycles. The third kappa shape index (κ3) is 4.19. The standard InChI is InChI=1S/C20H24N6O3S/c1-14-22-19(13-25(14)2)30(28,29)24-16-5-7-17(8-6-16)26-20(27)10-9-18(23-26)15-4-3-11-21-12-15/h3-4,9-13,16-17,24H,5-8H2,1-2H3. The van der Waals surface area contributed by atoms with Gasteiger partial charge in [0.05, 0.1) is 11.7 Å². The van der Waals surface area contributed by atoms with Gasteiger partial charge in [0.25, 0.3) is 15.6 Å². The molecule has 1 fully saturated rings. The smallest absolute Gasteiger partial charge is 0.267 e. The second kappa shape index (κ2) is 8.11. The highest BCUT2D eigenvalue weighted by Gasteiger charge is 2.28. The van der Waals surface area contributed by atoms with Crippen LogP contribution in [0.25, 0.3) is 11.3 Å². The molecular formula is C20H24N6O3S. The minimum absolute atomic E-state index is 0.0340. The lowest BCUT2D eigenvalue weighted by molar-refractivity contribution is 0.286. The Labute approximate surface area is 174 Å². The molecule has 1 saturated carbocycles. The Kier molecular flexibility index (Phi) is 5.52. The molecule has 10 heteroatoms. The summed E-state index contributed by atoms with van der Waals surface area (Å²) in [6, 6.07) is 6.69. The molecule has 158 valence electrons. The van der Waals surface area contributed by atoms with Gasteiger partial charge in [0.1, 0.15) is 5.82 Å². The summed E-state index contributed by atoms with van der Waals surface area (Å²) in [5, 5.41) is 4.57. The molecule has 0 aliphatic heterocycles. The first-order chi connectivity index (χ1) is 14.3. The molecule has 0 unspecified atom stereocenters. The summed E-state index contributed by atoms with van der Waals surface area (Å²) in [7, 11) is -1.91. The number of rotatable bonds is 5. The van der Waals surface area contributed by atoms with Gasteiger partial charge in [-0.3, -0.25) is 9.78 Å². The number of nitrogens with one attached hydrogen (secondary N) is 1. The normalized spacial score (nSPS) is 19.7. The average molecular weight is 429 g/mol. The monoisotopic (exact) mass is 428 g/mol. The van der Waals surface area contributed by atoms with E-state index in [9.17, 15) is 13.2 Å². The number of hydrogen-bond acceptors (Lipinski definition) is 6. The molecule has 0 saturated heterocycles. The Bertz CT molecular complexity index is 1180. The first kappa shape index (κ1) is 20.4. The number of hydrogen-bond donors (Lipinski definition) is 1. The molecule has 9 nitrogen and oxygen atoms in total. The Morgan fingerprint density at radius 3 is 2.53 bits per heavy atom. The lowest BCUT2D eigenvalue weighted by Crippen LogP contribution is -2.39. The van der Waals surface area contributed by atoms with Crippen molar-refractivity contribution in [1.29, 1.82) is 0 Å². The van der Waals surface area contributed by atoms with Crippen molar-refractivity contribution >= 4 is 10.0 Å². The van der Waals surface area contributed by atoms with E-state index in [0.717, 1.165) is 5.56 Å². The van der Waals surface area contributed by atoms with E-state index in [4.69, 9.17) is 0 Å². The van der Waals surface area contributed by atoms with E-state index in [1.54, 1.807) is 37.0 Å². The first-order valence-electron chi connectivity index (χ1n) is 9.86. The minimum atomic E-state index is -3.67. The topological polar surface area (TPSA) is 112 Å². The molecule has 4 rings (SSSR count). The van der Waals surface area contributed by atoms with Gasteiger partial charge in [0, 0.05) is 43.3 Å². The third-order valence-corrected chi connectivity index (χ3v) is 6.90. The number of aryl methyl sites for hydroxylation is 2. The Hall–Kier alpha value is -2.85. The van der Waals surface area contributed by atoms with Gasteiger partial charge in [0.2, 0.25) is 0 Å². The maximum Gasteiger partial charge on any atom is 0.267 e. The van der Waals surface area contributed by atoms with Crippen molar-refractivity contribution in [2.45, 2.75) is 49.7 Å². The fourth-order valence-corrected chi connectivity index (χ4v) is 5.07. The minimum Gasteiger partial charge on any atom is -0.337 e. The highest BCUT2D eigenvalue weighted by molar-refractivity contribution is 7.89. The average Bonchev–Trinajstić information content (AvgIpc) is 3.09. The first-order valence-corrected chi connectivity index (χ1v) is 11.3. The van der Waals surface area contributed by atoms with Crippen LogP contribution >= 0.6 is 0 Å². The molecule has 30 heavy (non-hydrogen) atoms. The second-order valence-electron chi connectivity index (χ2n) is 7.61. The Balaban J connectivity index is 1.45. The highest BCUT2D eigenvalue weighted by Crippen LogP contribution is 2.28. The van der Waals surface area contributed by atoms with Crippen LogP contribution in [0.5, 0.6) is 0 Å². The van der Waals surface area contributed by atoms with Crippen LogP contribution in [-0.2, 0) is 17.1 Å². The molecule has 0 spiro atoms. The van der Waals surface area contributed by atoms with Crippen molar-refractivity contribution in [2.75, 3.05) is 0 Å². The second-order valence-corrected chi connectivity index (χ2v) is 9.27. The van der Waals surface area contributed by atoms with Crippen molar-refractivity contribution in [2.24, 2.45) is 7.05 Å². The molecule has 1 aliphatic carbocycles. The summed E-state index contributed by atoms with van der Waals surface area (Å²) < 4.78 is 31.2. The molecule has 0 atom stereocenters. The highest BCUT2D eigenvalue weighted by atomic mass is 32.2. The van der Waals surface area contributed by atoms with E-state index in [1.165, 1.54) is 16.9 Å².